The number of carbonyl (C=O) groups excluding carboxylic acids is 1. The summed E-state index contributed by atoms with van der Waals surface area (Å²) in [5, 5.41) is 3.39. The molecule has 0 radical (unpaired) electrons. The van der Waals surface area contributed by atoms with Crippen LogP contribution < -0.4 is 10.2 Å². The number of nitrogens with zero attached hydrogens (tertiary/aromatic N) is 3. The SMILES string of the molecule is C[C@H]1CN(c2ccc(F)cc2)CCN1CC[C@H]1CC2(CCNCC2)C(=O)N1C. The highest BCUT2D eigenvalue weighted by molar-refractivity contribution is 5.85. The molecular formula is C22H33FN4O. The van der Waals surface area contributed by atoms with Crippen LogP contribution in [0.4, 0.5) is 10.1 Å². The van der Waals surface area contributed by atoms with Crippen molar-refractivity contribution in [3.63, 3.8) is 0 Å². The molecule has 3 heterocycles. The quantitative estimate of drug-likeness (QED) is 0.859. The van der Waals surface area contributed by atoms with Gasteiger partial charge in [-0.1, -0.05) is 0 Å². The van der Waals surface area contributed by atoms with Gasteiger partial charge < -0.3 is 15.1 Å². The summed E-state index contributed by atoms with van der Waals surface area (Å²) in [7, 11) is 2.00. The maximum Gasteiger partial charge on any atom is 0.228 e. The normalized spacial score (nSPS) is 28.3. The molecular weight excluding hydrogens is 355 g/mol. The Hall–Kier alpha value is -1.66. The summed E-state index contributed by atoms with van der Waals surface area (Å²) in [4.78, 5) is 19.8. The molecule has 1 amide bonds. The van der Waals surface area contributed by atoms with E-state index in [1.165, 1.54) is 12.1 Å². The van der Waals surface area contributed by atoms with Gasteiger partial charge in [-0.2, -0.15) is 0 Å². The lowest BCUT2D eigenvalue weighted by atomic mass is 9.76. The van der Waals surface area contributed by atoms with Crippen LogP contribution in [0.5, 0.6) is 0 Å². The van der Waals surface area contributed by atoms with Crippen molar-refractivity contribution in [2.45, 2.75) is 44.7 Å². The van der Waals surface area contributed by atoms with E-state index in [1.807, 2.05) is 24.1 Å². The molecule has 1 aromatic rings. The minimum Gasteiger partial charge on any atom is -0.369 e. The van der Waals surface area contributed by atoms with Crippen molar-refractivity contribution in [2.75, 3.05) is 51.2 Å². The molecule has 5 nitrogen and oxygen atoms in total. The van der Waals surface area contributed by atoms with Crippen molar-refractivity contribution in [3.05, 3.63) is 30.1 Å². The Morgan fingerprint density at radius 3 is 2.57 bits per heavy atom. The van der Waals surface area contributed by atoms with Gasteiger partial charge in [-0.3, -0.25) is 9.69 Å². The number of piperazine rings is 1. The average Bonchev–Trinajstić information content (AvgIpc) is 2.93. The van der Waals surface area contributed by atoms with Crippen LogP contribution in [0.25, 0.3) is 0 Å². The maximum absolute atomic E-state index is 13.2. The van der Waals surface area contributed by atoms with Gasteiger partial charge >= 0.3 is 0 Å². The molecule has 1 spiro atoms. The summed E-state index contributed by atoms with van der Waals surface area (Å²) in [6.45, 7) is 8.18. The lowest BCUT2D eigenvalue weighted by Gasteiger charge is -2.41. The number of halogens is 1. The van der Waals surface area contributed by atoms with Crippen molar-refractivity contribution >= 4 is 11.6 Å². The first-order valence-corrected chi connectivity index (χ1v) is 10.7. The van der Waals surface area contributed by atoms with Gasteiger partial charge in [0.2, 0.25) is 5.91 Å². The Balaban J connectivity index is 1.31. The maximum atomic E-state index is 13.2. The highest BCUT2D eigenvalue weighted by Crippen LogP contribution is 2.43. The summed E-state index contributed by atoms with van der Waals surface area (Å²) in [6, 6.07) is 7.64. The Labute approximate surface area is 167 Å². The number of hydrogen-bond acceptors (Lipinski definition) is 4. The van der Waals surface area contributed by atoms with Crippen molar-refractivity contribution in [3.8, 4) is 0 Å². The summed E-state index contributed by atoms with van der Waals surface area (Å²) in [6.07, 6.45) is 4.05. The second-order valence-electron chi connectivity index (χ2n) is 8.90. The minimum atomic E-state index is -0.183. The number of rotatable bonds is 4. The number of nitrogens with one attached hydrogen (secondary N) is 1. The molecule has 1 N–H and O–H groups in total. The molecule has 0 aromatic heterocycles. The van der Waals surface area contributed by atoms with Gasteiger partial charge in [-0.05, 0) is 70.0 Å². The summed E-state index contributed by atoms with van der Waals surface area (Å²) in [5.74, 6) is 0.186. The molecule has 2 atom stereocenters. The summed E-state index contributed by atoms with van der Waals surface area (Å²) >= 11 is 0. The van der Waals surface area contributed by atoms with Crippen LogP contribution in [-0.4, -0.2) is 74.1 Å². The second kappa shape index (κ2) is 7.99. The average molecular weight is 389 g/mol. The molecule has 0 saturated carbocycles. The summed E-state index contributed by atoms with van der Waals surface area (Å²) < 4.78 is 13.2. The predicted octanol–water partition coefficient (Wildman–Crippen LogP) is 2.33. The van der Waals surface area contributed by atoms with Crippen LogP contribution in [-0.2, 0) is 4.79 Å². The molecule has 3 fully saturated rings. The van der Waals surface area contributed by atoms with E-state index in [1.54, 1.807) is 0 Å². The topological polar surface area (TPSA) is 38.8 Å². The van der Waals surface area contributed by atoms with E-state index < -0.39 is 0 Å². The van der Waals surface area contributed by atoms with E-state index in [4.69, 9.17) is 0 Å². The van der Waals surface area contributed by atoms with Crippen molar-refractivity contribution in [1.29, 1.82) is 0 Å². The predicted molar refractivity (Wildman–Crippen MR) is 110 cm³/mol. The molecule has 154 valence electrons. The van der Waals surface area contributed by atoms with E-state index in [9.17, 15) is 9.18 Å². The van der Waals surface area contributed by atoms with Gasteiger partial charge in [-0.25, -0.2) is 4.39 Å². The first-order valence-electron chi connectivity index (χ1n) is 10.7. The van der Waals surface area contributed by atoms with E-state index >= 15 is 0 Å². The molecule has 4 rings (SSSR count). The zero-order chi connectivity index (χ0) is 19.7. The van der Waals surface area contributed by atoms with Crippen molar-refractivity contribution in [2.24, 2.45) is 5.41 Å². The first-order chi connectivity index (χ1) is 13.5. The number of likely N-dealkylation sites (tertiary alicyclic amines) is 1. The third kappa shape index (κ3) is 3.77. The number of anilines is 1. The highest BCUT2D eigenvalue weighted by atomic mass is 19.1. The second-order valence-corrected chi connectivity index (χ2v) is 8.90. The highest BCUT2D eigenvalue weighted by Gasteiger charge is 2.50. The van der Waals surface area contributed by atoms with E-state index in [-0.39, 0.29) is 11.2 Å². The Kier molecular flexibility index (Phi) is 5.61. The lowest BCUT2D eigenvalue weighted by Crippen LogP contribution is -2.52. The van der Waals surface area contributed by atoms with Crippen LogP contribution in [0.3, 0.4) is 0 Å². The molecule has 1 aromatic carbocycles. The summed E-state index contributed by atoms with van der Waals surface area (Å²) in [5.41, 5.74) is 0.999. The minimum absolute atomic E-state index is 0.0996. The fourth-order valence-corrected chi connectivity index (χ4v) is 5.36. The van der Waals surface area contributed by atoms with E-state index in [0.717, 1.165) is 70.6 Å². The Morgan fingerprint density at radius 2 is 1.89 bits per heavy atom. The van der Waals surface area contributed by atoms with Crippen LogP contribution >= 0.6 is 0 Å². The number of hydrogen-bond donors (Lipinski definition) is 1. The third-order valence-corrected chi connectivity index (χ3v) is 7.22. The van der Waals surface area contributed by atoms with E-state index in [0.29, 0.717) is 18.0 Å². The van der Waals surface area contributed by atoms with Gasteiger partial charge in [0, 0.05) is 51.0 Å². The van der Waals surface area contributed by atoms with Gasteiger partial charge in [-0.15, -0.1) is 0 Å². The van der Waals surface area contributed by atoms with Crippen LogP contribution in [0.1, 0.15) is 32.6 Å². The van der Waals surface area contributed by atoms with Crippen molar-refractivity contribution in [1.82, 2.24) is 15.1 Å². The Morgan fingerprint density at radius 1 is 1.18 bits per heavy atom. The zero-order valence-corrected chi connectivity index (χ0v) is 17.2. The van der Waals surface area contributed by atoms with Gasteiger partial charge in [0.25, 0.3) is 0 Å². The van der Waals surface area contributed by atoms with Gasteiger partial charge in [0.1, 0.15) is 5.82 Å². The lowest BCUT2D eigenvalue weighted by molar-refractivity contribution is -0.136. The van der Waals surface area contributed by atoms with E-state index in [2.05, 4.69) is 22.0 Å². The standard InChI is InChI=1S/C22H33FN4O/c1-17-16-27(19-5-3-18(23)4-6-19)14-13-26(17)12-7-20-15-22(21(28)25(20)2)8-10-24-11-9-22/h3-6,17,20,24H,7-16H2,1-2H3/t17-,20-/m0/s1. The fraction of sp³-hybridized carbons (Fsp3) is 0.682. The number of benzene rings is 1. The molecule has 0 unspecified atom stereocenters. The molecule has 6 heteroatoms. The number of piperidine rings is 1. The van der Waals surface area contributed by atoms with Crippen LogP contribution in [0.2, 0.25) is 0 Å². The monoisotopic (exact) mass is 388 g/mol. The molecule has 0 bridgehead atoms. The van der Waals surface area contributed by atoms with Crippen LogP contribution in [0.15, 0.2) is 24.3 Å². The van der Waals surface area contributed by atoms with Crippen LogP contribution in [0, 0.1) is 11.2 Å². The Bertz CT molecular complexity index is 688. The van der Waals surface area contributed by atoms with Gasteiger partial charge in [0.15, 0.2) is 0 Å². The van der Waals surface area contributed by atoms with Gasteiger partial charge in [0.05, 0.1) is 5.41 Å². The molecule has 28 heavy (non-hydrogen) atoms. The molecule has 0 aliphatic carbocycles. The smallest absolute Gasteiger partial charge is 0.228 e. The zero-order valence-electron chi connectivity index (χ0n) is 17.2. The number of carbonyl (C=O) groups is 1. The molecule has 3 aliphatic heterocycles. The number of amides is 1. The fourth-order valence-electron chi connectivity index (χ4n) is 5.36. The molecule has 3 saturated heterocycles. The largest absolute Gasteiger partial charge is 0.369 e. The third-order valence-electron chi connectivity index (χ3n) is 7.22. The first kappa shape index (κ1) is 19.6. The molecule has 3 aliphatic rings. The van der Waals surface area contributed by atoms with Crippen molar-refractivity contribution < 1.29 is 9.18 Å².